The van der Waals surface area contributed by atoms with Crippen molar-refractivity contribution in [3.8, 4) is 0 Å². The lowest BCUT2D eigenvalue weighted by Gasteiger charge is -2.16. The third-order valence-electron chi connectivity index (χ3n) is 3.00. The number of carbonyl (C=O) groups is 1. The first-order valence-corrected chi connectivity index (χ1v) is 6.81. The van der Waals surface area contributed by atoms with Gasteiger partial charge in [0.25, 0.3) is 0 Å². The van der Waals surface area contributed by atoms with Gasteiger partial charge in [0.1, 0.15) is 0 Å². The van der Waals surface area contributed by atoms with Gasteiger partial charge in [-0.3, -0.25) is 9.78 Å². The molecule has 0 aliphatic heterocycles. The van der Waals surface area contributed by atoms with Crippen LogP contribution in [0.3, 0.4) is 0 Å². The number of nitrogens with zero attached hydrogens (tertiary/aromatic N) is 1. The molecule has 0 amide bonds. The van der Waals surface area contributed by atoms with E-state index in [1.54, 1.807) is 12.4 Å². The van der Waals surface area contributed by atoms with E-state index in [2.05, 4.69) is 20.9 Å². The SMILES string of the molecule is O=C(O)CC(Cc1ccccc1Br)c1cccnc1. The van der Waals surface area contributed by atoms with E-state index in [1.165, 1.54) is 0 Å². The van der Waals surface area contributed by atoms with E-state index in [4.69, 9.17) is 5.11 Å². The van der Waals surface area contributed by atoms with Gasteiger partial charge in [0, 0.05) is 16.9 Å². The Hall–Kier alpha value is -1.68. The van der Waals surface area contributed by atoms with Crippen molar-refractivity contribution >= 4 is 21.9 Å². The number of benzene rings is 1. The van der Waals surface area contributed by atoms with Gasteiger partial charge in [0.05, 0.1) is 6.42 Å². The van der Waals surface area contributed by atoms with Gasteiger partial charge in [-0.1, -0.05) is 40.2 Å². The number of aliphatic carboxylic acids is 1. The topological polar surface area (TPSA) is 50.2 Å². The van der Waals surface area contributed by atoms with Gasteiger partial charge < -0.3 is 5.11 Å². The molecular formula is C15H14BrNO2. The van der Waals surface area contributed by atoms with Crippen molar-refractivity contribution < 1.29 is 9.90 Å². The Kier molecular flexibility index (Phi) is 4.68. The summed E-state index contributed by atoms with van der Waals surface area (Å²) in [4.78, 5) is 15.1. The monoisotopic (exact) mass is 319 g/mol. The van der Waals surface area contributed by atoms with Gasteiger partial charge in [-0.25, -0.2) is 0 Å². The third kappa shape index (κ3) is 3.89. The van der Waals surface area contributed by atoms with Gasteiger partial charge in [-0.05, 0) is 35.6 Å². The third-order valence-corrected chi connectivity index (χ3v) is 3.77. The fourth-order valence-electron chi connectivity index (χ4n) is 2.07. The van der Waals surface area contributed by atoms with Crippen molar-refractivity contribution in [1.82, 2.24) is 4.98 Å². The van der Waals surface area contributed by atoms with Crippen LogP contribution in [0.15, 0.2) is 53.3 Å². The average Bonchev–Trinajstić information content (AvgIpc) is 2.41. The lowest BCUT2D eigenvalue weighted by molar-refractivity contribution is -0.137. The Labute approximate surface area is 120 Å². The average molecular weight is 320 g/mol. The fourth-order valence-corrected chi connectivity index (χ4v) is 2.51. The highest BCUT2D eigenvalue weighted by atomic mass is 79.9. The van der Waals surface area contributed by atoms with Crippen LogP contribution in [-0.2, 0) is 11.2 Å². The zero-order valence-corrected chi connectivity index (χ0v) is 11.9. The van der Waals surface area contributed by atoms with Gasteiger partial charge in [0.15, 0.2) is 0 Å². The standard InChI is InChI=1S/C15H14BrNO2/c16-14-6-2-1-4-11(14)8-13(9-15(18)19)12-5-3-7-17-10-12/h1-7,10,13H,8-9H2,(H,18,19). The van der Waals surface area contributed by atoms with Crippen molar-refractivity contribution in [2.24, 2.45) is 0 Å². The summed E-state index contributed by atoms with van der Waals surface area (Å²) in [6, 6.07) is 11.7. The van der Waals surface area contributed by atoms with E-state index in [1.807, 2.05) is 36.4 Å². The van der Waals surface area contributed by atoms with Crippen molar-refractivity contribution in [3.63, 3.8) is 0 Å². The second-order valence-corrected chi connectivity index (χ2v) is 5.23. The number of hydrogen-bond acceptors (Lipinski definition) is 2. The number of carboxylic acids is 1. The minimum atomic E-state index is -0.791. The molecule has 0 saturated carbocycles. The molecule has 0 saturated heterocycles. The number of rotatable bonds is 5. The maximum absolute atomic E-state index is 11.0. The summed E-state index contributed by atoms with van der Waals surface area (Å²) in [5.41, 5.74) is 2.07. The molecule has 1 heterocycles. The molecule has 2 rings (SSSR count). The van der Waals surface area contributed by atoms with Crippen molar-refractivity contribution in [2.45, 2.75) is 18.8 Å². The zero-order valence-electron chi connectivity index (χ0n) is 10.3. The summed E-state index contributed by atoms with van der Waals surface area (Å²) in [5.74, 6) is -0.856. The number of aromatic nitrogens is 1. The maximum Gasteiger partial charge on any atom is 0.303 e. The molecule has 0 aliphatic carbocycles. The Morgan fingerprint density at radius 3 is 2.68 bits per heavy atom. The molecule has 2 aromatic rings. The summed E-state index contributed by atoms with van der Waals surface area (Å²) in [7, 11) is 0. The second-order valence-electron chi connectivity index (χ2n) is 4.38. The smallest absolute Gasteiger partial charge is 0.303 e. The lowest BCUT2D eigenvalue weighted by Crippen LogP contribution is -2.10. The minimum Gasteiger partial charge on any atom is -0.481 e. The number of hydrogen-bond donors (Lipinski definition) is 1. The Balaban J connectivity index is 2.24. The van der Waals surface area contributed by atoms with Crippen LogP contribution in [0, 0.1) is 0 Å². The van der Waals surface area contributed by atoms with E-state index in [0.717, 1.165) is 15.6 Å². The van der Waals surface area contributed by atoms with Gasteiger partial charge in [0.2, 0.25) is 0 Å². The molecule has 4 heteroatoms. The van der Waals surface area contributed by atoms with Gasteiger partial charge in [-0.15, -0.1) is 0 Å². The van der Waals surface area contributed by atoms with Gasteiger partial charge >= 0.3 is 5.97 Å². The van der Waals surface area contributed by atoms with Crippen LogP contribution < -0.4 is 0 Å². The number of halogens is 1. The number of carboxylic acid groups (broad SMARTS) is 1. The minimum absolute atomic E-state index is 0.0649. The zero-order chi connectivity index (χ0) is 13.7. The van der Waals surface area contributed by atoms with E-state index in [9.17, 15) is 4.79 Å². The van der Waals surface area contributed by atoms with Crippen LogP contribution in [0.5, 0.6) is 0 Å². The molecule has 0 spiro atoms. The molecule has 0 aliphatic rings. The fraction of sp³-hybridized carbons (Fsp3) is 0.200. The summed E-state index contributed by atoms with van der Waals surface area (Å²) in [5, 5.41) is 9.06. The Morgan fingerprint density at radius 2 is 2.05 bits per heavy atom. The first-order chi connectivity index (χ1) is 9.16. The van der Waals surface area contributed by atoms with Gasteiger partial charge in [-0.2, -0.15) is 0 Å². The molecule has 0 radical (unpaired) electrons. The van der Waals surface area contributed by atoms with E-state index in [0.29, 0.717) is 6.42 Å². The van der Waals surface area contributed by atoms with E-state index in [-0.39, 0.29) is 12.3 Å². The molecular weight excluding hydrogens is 306 g/mol. The molecule has 1 N–H and O–H groups in total. The first-order valence-electron chi connectivity index (χ1n) is 6.02. The summed E-state index contributed by atoms with van der Waals surface area (Å²) < 4.78 is 1.01. The first kappa shape index (κ1) is 13.7. The molecule has 1 unspecified atom stereocenters. The van der Waals surface area contributed by atoms with Crippen molar-refractivity contribution in [3.05, 3.63) is 64.4 Å². The van der Waals surface area contributed by atoms with Crippen LogP contribution >= 0.6 is 15.9 Å². The van der Waals surface area contributed by atoms with Crippen LogP contribution in [0.1, 0.15) is 23.5 Å². The van der Waals surface area contributed by atoms with E-state index >= 15 is 0 Å². The quantitative estimate of drug-likeness (QED) is 0.915. The Bertz CT molecular complexity index is 557. The van der Waals surface area contributed by atoms with Crippen molar-refractivity contribution in [1.29, 1.82) is 0 Å². The molecule has 19 heavy (non-hydrogen) atoms. The van der Waals surface area contributed by atoms with Crippen molar-refractivity contribution in [2.75, 3.05) is 0 Å². The largest absolute Gasteiger partial charge is 0.481 e. The lowest BCUT2D eigenvalue weighted by atomic mass is 9.90. The molecule has 1 atom stereocenters. The molecule has 1 aromatic carbocycles. The Morgan fingerprint density at radius 1 is 1.26 bits per heavy atom. The molecule has 0 fully saturated rings. The van der Waals surface area contributed by atoms with E-state index < -0.39 is 5.97 Å². The summed E-state index contributed by atoms with van der Waals surface area (Å²) in [6.07, 6.45) is 4.22. The summed E-state index contributed by atoms with van der Waals surface area (Å²) in [6.45, 7) is 0. The highest BCUT2D eigenvalue weighted by molar-refractivity contribution is 9.10. The predicted octanol–water partition coefficient (Wildman–Crippen LogP) is 3.65. The predicted molar refractivity (Wildman–Crippen MR) is 77.1 cm³/mol. The normalized spacial score (nSPS) is 12.1. The maximum atomic E-state index is 11.0. The highest BCUT2D eigenvalue weighted by Gasteiger charge is 2.17. The van der Waals surface area contributed by atoms with Crippen LogP contribution in [0.4, 0.5) is 0 Å². The molecule has 0 bridgehead atoms. The summed E-state index contributed by atoms with van der Waals surface area (Å²) >= 11 is 3.50. The highest BCUT2D eigenvalue weighted by Crippen LogP contribution is 2.27. The molecule has 3 nitrogen and oxygen atoms in total. The number of pyridine rings is 1. The van der Waals surface area contributed by atoms with Crippen LogP contribution in [-0.4, -0.2) is 16.1 Å². The van der Waals surface area contributed by atoms with Crippen LogP contribution in [0.25, 0.3) is 0 Å². The molecule has 98 valence electrons. The molecule has 1 aromatic heterocycles. The van der Waals surface area contributed by atoms with Crippen LogP contribution in [0.2, 0.25) is 0 Å². The second kappa shape index (κ2) is 6.48.